The van der Waals surface area contributed by atoms with E-state index in [-0.39, 0.29) is 29.1 Å². The summed E-state index contributed by atoms with van der Waals surface area (Å²) in [5.74, 6) is 0.543. The maximum absolute atomic E-state index is 10.5. The van der Waals surface area contributed by atoms with Crippen molar-refractivity contribution in [3.8, 4) is 0 Å². The van der Waals surface area contributed by atoms with Gasteiger partial charge in [-0.15, -0.1) is 12.4 Å². The molecule has 1 fully saturated rings. The SMILES string of the molecule is Cl.N[C@H](c1ccc([N+](=O)[O-])cc1)C1CCCC1. The molecule has 0 spiro atoms. The summed E-state index contributed by atoms with van der Waals surface area (Å²) in [4.78, 5) is 10.1. The van der Waals surface area contributed by atoms with Gasteiger partial charge in [0.1, 0.15) is 0 Å². The number of non-ortho nitro benzene ring substituents is 1. The van der Waals surface area contributed by atoms with Gasteiger partial charge in [0, 0.05) is 18.2 Å². The van der Waals surface area contributed by atoms with E-state index in [4.69, 9.17) is 5.73 Å². The number of nitrogens with zero attached hydrogens (tertiary/aromatic N) is 1. The summed E-state index contributed by atoms with van der Waals surface area (Å²) in [5.41, 5.74) is 7.30. The second-order valence-electron chi connectivity index (χ2n) is 4.42. The Morgan fingerprint density at radius 3 is 2.24 bits per heavy atom. The zero-order valence-electron chi connectivity index (χ0n) is 9.54. The molecule has 5 heteroatoms. The van der Waals surface area contributed by atoms with Crippen molar-refractivity contribution in [2.24, 2.45) is 11.7 Å². The highest BCUT2D eigenvalue weighted by molar-refractivity contribution is 5.85. The first kappa shape index (κ1) is 13.9. The van der Waals surface area contributed by atoms with Crippen molar-refractivity contribution < 1.29 is 4.92 Å². The van der Waals surface area contributed by atoms with E-state index < -0.39 is 0 Å². The van der Waals surface area contributed by atoms with Crippen molar-refractivity contribution in [1.29, 1.82) is 0 Å². The molecule has 0 bridgehead atoms. The molecular formula is C12H17ClN2O2. The summed E-state index contributed by atoms with van der Waals surface area (Å²) in [6.45, 7) is 0. The van der Waals surface area contributed by atoms with E-state index in [1.165, 1.54) is 37.8 Å². The van der Waals surface area contributed by atoms with E-state index in [2.05, 4.69) is 0 Å². The van der Waals surface area contributed by atoms with Crippen LogP contribution in [0.4, 0.5) is 5.69 Å². The number of benzene rings is 1. The van der Waals surface area contributed by atoms with Crippen LogP contribution < -0.4 is 5.73 Å². The van der Waals surface area contributed by atoms with Gasteiger partial charge in [0.15, 0.2) is 0 Å². The van der Waals surface area contributed by atoms with Gasteiger partial charge in [-0.3, -0.25) is 10.1 Å². The lowest BCUT2D eigenvalue weighted by Gasteiger charge is -2.18. The Hall–Kier alpha value is -1.13. The van der Waals surface area contributed by atoms with Crippen LogP contribution in [0.2, 0.25) is 0 Å². The second kappa shape index (κ2) is 5.98. The number of nitrogens with two attached hydrogens (primary N) is 1. The zero-order chi connectivity index (χ0) is 11.5. The van der Waals surface area contributed by atoms with Gasteiger partial charge < -0.3 is 5.73 Å². The molecule has 0 aromatic heterocycles. The van der Waals surface area contributed by atoms with Crippen molar-refractivity contribution in [2.75, 3.05) is 0 Å². The van der Waals surface area contributed by atoms with Crippen LogP contribution in [-0.4, -0.2) is 4.92 Å². The van der Waals surface area contributed by atoms with Crippen LogP contribution in [0, 0.1) is 16.0 Å². The molecule has 17 heavy (non-hydrogen) atoms. The third-order valence-electron chi connectivity index (χ3n) is 3.40. The fourth-order valence-electron chi connectivity index (χ4n) is 2.41. The van der Waals surface area contributed by atoms with E-state index in [0.29, 0.717) is 5.92 Å². The van der Waals surface area contributed by atoms with E-state index >= 15 is 0 Å². The standard InChI is InChI=1S/C12H16N2O2.ClH/c13-12(9-3-1-2-4-9)10-5-7-11(8-6-10)14(15)16;/h5-9,12H,1-4,13H2;1H/t12-;/m0./s1. The summed E-state index contributed by atoms with van der Waals surface area (Å²) < 4.78 is 0. The van der Waals surface area contributed by atoms with Gasteiger partial charge in [0.25, 0.3) is 5.69 Å². The number of nitro groups is 1. The van der Waals surface area contributed by atoms with Gasteiger partial charge >= 0.3 is 0 Å². The average molecular weight is 257 g/mol. The highest BCUT2D eigenvalue weighted by Gasteiger charge is 2.23. The molecule has 94 valence electrons. The maximum atomic E-state index is 10.5. The summed E-state index contributed by atoms with van der Waals surface area (Å²) >= 11 is 0. The van der Waals surface area contributed by atoms with Crippen molar-refractivity contribution >= 4 is 18.1 Å². The van der Waals surface area contributed by atoms with Crippen LogP contribution in [0.1, 0.15) is 37.3 Å². The lowest BCUT2D eigenvalue weighted by Crippen LogP contribution is -2.18. The van der Waals surface area contributed by atoms with Crippen LogP contribution in [0.25, 0.3) is 0 Å². The first-order valence-corrected chi connectivity index (χ1v) is 5.68. The molecule has 1 aromatic rings. The monoisotopic (exact) mass is 256 g/mol. The number of rotatable bonds is 3. The summed E-state index contributed by atoms with van der Waals surface area (Å²) in [6, 6.07) is 6.65. The Balaban J connectivity index is 0.00000144. The van der Waals surface area contributed by atoms with Gasteiger partial charge in [0.05, 0.1) is 4.92 Å². The van der Waals surface area contributed by atoms with E-state index in [9.17, 15) is 10.1 Å². The highest BCUT2D eigenvalue weighted by atomic mass is 35.5. The molecular weight excluding hydrogens is 240 g/mol. The van der Waals surface area contributed by atoms with Crippen LogP contribution in [0.3, 0.4) is 0 Å². The molecule has 0 amide bonds. The van der Waals surface area contributed by atoms with Gasteiger partial charge in [0.2, 0.25) is 0 Å². The molecule has 1 aliphatic rings. The Kier molecular flexibility index (Phi) is 4.90. The molecule has 1 aromatic carbocycles. The van der Waals surface area contributed by atoms with Crippen LogP contribution >= 0.6 is 12.4 Å². The first-order valence-electron chi connectivity index (χ1n) is 5.68. The van der Waals surface area contributed by atoms with Crippen molar-refractivity contribution in [3.05, 3.63) is 39.9 Å². The number of halogens is 1. The molecule has 0 heterocycles. The molecule has 0 saturated heterocycles. The third kappa shape index (κ3) is 3.17. The third-order valence-corrected chi connectivity index (χ3v) is 3.40. The fourth-order valence-corrected chi connectivity index (χ4v) is 2.41. The van der Waals surface area contributed by atoms with Crippen LogP contribution in [0.5, 0.6) is 0 Å². The number of nitro benzene ring substituents is 1. The van der Waals surface area contributed by atoms with Gasteiger partial charge in [-0.05, 0) is 24.3 Å². The smallest absolute Gasteiger partial charge is 0.269 e. The predicted octanol–water partition coefficient (Wildman–Crippen LogP) is 3.21. The van der Waals surface area contributed by atoms with E-state index in [1.54, 1.807) is 12.1 Å². The van der Waals surface area contributed by atoms with Crippen molar-refractivity contribution in [1.82, 2.24) is 0 Å². The number of hydrogen-bond acceptors (Lipinski definition) is 3. The second-order valence-corrected chi connectivity index (χ2v) is 4.42. The summed E-state index contributed by atoms with van der Waals surface area (Å²) in [6.07, 6.45) is 4.87. The Morgan fingerprint density at radius 2 is 1.76 bits per heavy atom. The van der Waals surface area contributed by atoms with Crippen molar-refractivity contribution in [3.63, 3.8) is 0 Å². The largest absolute Gasteiger partial charge is 0.324 e. The molecule has 1 atom stereocenters. The van der Waals surface area contributed by atoms with Gasteiger partial charge in [-0.25, -0.2) is 0 Å². The van der Waals surface area contributed by atoms with Crippen LogP contribution in [0.15, 0.2) is 24.3 Å². The molecule has 1 aliphatic carbocycles. The molecule has 2 rings (SSSR count). The zero-order valence-corrected chi connectivity index (χ0v) is 10.4. The van der Waals surface area contributed by atoms with Gasteiger partial charge in [-0.2, -0.15) is 0 Å². The Labute approximate surface area is 107 Å². The van der Waals surface area contributed by atoms with Crippen molar-refractivity contribution in [2.45, 2.75) is 31.7 Å². The molecule has 2 N–H and O–H groups in total. The molecule has 0 unspecified atom stereocenters. The average Bonchev–Trinajstić information content (AvgIpc) is 2.81. The fraction of sp³-hybridized carbons (Fsp3) is 0.500. The van der Waals surface area contributed by atoms with Gasteiger partial charge in [-0.1, -0.05) is 25.0 Å². The van der Waals surface area contributed by atoms with E-state index in [1.807, 2.05) is 0 Å². The predicted molar refractivity (Wildman–Crippen MR) is 69.2 cm³/mol. The minimum Gasteiger partial charge on any atom is -0.324 e. The van der Waals surface area contributed by atoms with E-state index in [0.717, 1.165) is 5.56 Å². The highest BCUT2D eigenvalue weighted by Crippen LogP contribution is 2.34. The lowest BCUT2D eigenvalue weighted by atomic mass is 9.92. The maximum Gasteiger partial charge on any atom is 0.269 e. The Bertz CT molecular complexity index is 375. The van der Waals surface area contributed by atoms with Crippen LogP contribution in [-0.2, 0) is 0 Å². The molecule has 0 aliphatic heterocycles. The normalized spacial score (nSPS) is 17.5. The minimum absolute atomic E-state index is 0. The lowest BCUT2D eigenvalue weighted by molar-refractivity contribution is -0.384. The summed E-state index contributed by atoms with van der Waals surface area (Å²) in [7, 11) is 0. The topological polar surface area (TPSA) is 69.2 Å². The quantitative estimate of drug-likeness (QED) is 0.667. The summed E-state index contributed by atoms with van der Waals surface area (Å²) in [5, 5.41) is 10.5. The molecule has 0 radical (unpaired) electrons. The first-order chi connectivity index (χ1) is 7.68. The minimum atomic E-state index is -0.384. The molecule has 4 nitrogen and oxygen atoms in total. The number of hydrogen-bond donors (Lipinski definition) is 1. The molecule has 1 saturated carbocycles. The Morgan fingerprint density at radius 1 is 1.24 bits per heavy atom.